The number of rotatable bonds is 7. The van der Waals surface area contributed by atoms with Gasteiger partial charge in [-0.3, -0.25) is 14.3 Å². The summed E-state index contributed by atoms with van der Waals surface area (Å²) in [5.41, 5.74) is 1.66. The van der Waals surface area contributed by atoms with E-state index >= 15 is 0 Å². The highest BCUT2D eigenvalue weighted by atomic mass is 16.5. The van der Waals surface area contributed by atoms with Gasteiger partial charge in [-0.15, -0.1) is 0 Å². The van der Waals surface area contributed by atoms with Gasteiger partial charge in [-0.05, 0) is 31.9 Å². The average molecular weight is 328 g/mol. The molecular weight excluding hydrogens is 308 g/mol. The molecule has 1 aromatic heterocycles. The lowest BCUT2D eigenvalue weighted by Gasteiger charge is -2.06. The van der Waals surface area contributed by atoms with Gasteiger partial charge in [0.25, 0.3) is 5.91 Å². The lowest BCUT2D eigenvalue weighted by Crippen LogP contribution is -2.29. The Morgan fingerprint density at radius 1 is 1.25 bits per heavy atom. The topological polar surface area (TPSA) is 85.2 Å². The summed E-state index contributed by atoms with van der Waals surface area (Å²) < 4.78 is 6.91. The van der Waals surface area contributed by atoms with E-state index in [0.717, 1.165) is 18.4 Å². The Kier molecular flexibility index (Phi) is 4.79. The molecule has 2 aromatic rings. The van der Waals surface area contributed by atoms with Crippen molar-refractivity contribution >= 4 is 17.5 Å². The number of aromatic nitrogens is 2. The fraction of sp³-hybridized carbons (Fsp3) is 0.353. The highest BCUT2D eigenvalue weighted by Gasteiger charge is 2.23. The van der Waals surface area contributed by atoms with Crippen LogP contribution in [0.25, 0.3) is 0 Å². The number of hydrogen-bond donors (Lipinski definition) is 2. The summed E-state index contributed by atoms with van der Waals surface area (Å²) in [5.74, 6) is 0.293. The number of aryl methyl sites for hydroxylation is 1. The Morgan fingerprint density at radius 2 is 2.00 bits per heavy atom. The second-order valence-electron chi connectivity index (χ2n) is 5.92. The monoisotopic (exact) mass is 328 g/mol. The number of benzene rings is 1. The second-order valence-corrected chi connectivity index (χ2v) is 5.92. The molecule has 2 amide bonds. The predicted octanol–water partition coefficient (Wildman–Crippen LogP) is 1.49. The predicted molar refractivity (Wildman–Crippen MR) is 88.7 cm³/mol. The van der Waals surface area contributed by atoms with Gasteiger partial charge < -0.3 is 15.4 Å². The number of hydrogen-bond acceptors (Lipinski definition) is 4. The molecule has 1 fully saturated rings. The minimum absolute atomic E-state index is 0.0684. The molecule has 7 heteroatoms. The minimum atomic E-state index is -0.280. The Morgan fingerprint density at radius 3 is 2.71 bits per heavy atom. The van der Waals surface area contributed by atoms with E-state index in [-0.39, 0.29) is 25.0 Å². The highest BCUT2D eigenvalue weighted by Crippen LogP contribution is 2.18. The molecule has 126 valence electrons. The van der Waals surface area contributed by atoms with Gasteiger partial charge in [0, 0.05) is 12.2 Å². The van der Waals surface area contributed by atoms with Crippen LogP contribution in [0.5, 0.6) is 5.75 Å². The summed E-state index contributed by atoms with van der Waals surface area (Å²) >= 11 is 0. The number of amides is 2. The first-order chi connectivity index (χ1) is 11.6. The summed E-state index contributed by atoms with van der Waals surface area (Å²) in [4.78, 5) is 23.6. The van der Waals surface area contributed by atoms with Gasteiger partial charge in [0.05, 0.1) is 11.9 Å². The molecule has 0 saturated heterocycles. The molecule has 0 atom stereocenters. The molecule has 1 aliphatic rings. The van der Waals surface area contributed by atoms with E-state index in [1.807, 2.05) is 31.2 Å². The van der Waals surface area contributed by atoms with Crippen LogP contribution in [-0.2, 0) is 16.1 Å². The normalized spacial score (nSPS) is 13.4. The maximum Gasteiger partial charge on any atom is 0.262 e. The van der Waals surface area contributed by atoms with E-state index in [9.17, 15) is 9.59 Å². The van der Waals surface area contributed by atoms with Crippen molar-refractivity contribution in [1.29, 1.82) is 0 Å². The molecule has 1 saturated carbocycles. The number of carbonyl (C=O) groups is 2. The first-order valence-electron chi connectivity index (χ1n) is 7.89. The zero-order valence-electron chi connectivity index (χ0n) is 13.5. The number of anilines is 1. The number of carbonyl (C=O) groups excluding carboxylic acids is 2. The van der Waals surface area contributed by atoms with Crippen LogP contribution in [0.3, 0.4) is 0 Å². The fourth-order valence-corrected chi connectivity index (χ4v) is 2.14. The van der Waals surface area contributed by atoms with Gasteiger partial charge in [0.1, 0.15) is 12.3 Å². The van der Waals surface area contributed by atoms with Crippen LogP contribution in [0.1, 0.15) is 18.4 Å². The Balaban J connectivity index is 1.44. The Labute approximate surface area is 140 Å². The molecule has 0 aliphatic heterocycles. The van der Waals surface area contributed by atoms with E-state index in [1.54, 1.807) is 6.20 Å². The van der Waals surface area contributed by atoms with Crippen LogP contribution >= 0.6 is 0 Å². The quantitative estimate of drug-likeness (QED) is 0.806. The number of nitrogens with zero attached hydrogens (tertiary/aromatic N) is 2. The molecular formula is C17H20N4O3. The Hall–Kier alpha value is -2.83. The van der Waals surface area contributed by atoms with Crippen LogP contribution in [0.15, 0.2) is 36.7 Å². The molecule has 0 radical (unpaired) electrons. The lowest BCUT2D eigenvalue weighted by atomic mass is 10.2. The zero-order chi connectivity index (χ0) is 16.9. The van der Waals surface area contributed by atoms with Gasteiger partial charge >= 0.3 is 0 Å². The number of ether oxygens (including phenoxy) is 1. The van der Waals surface area contributed by atoms with Crippen molar-refractivity contribution in [3.63, 3.8) is 0 Å². The summed E-state index contributed by atoms with van der Waals surface area (Å²) in [6.45, 7) is 2.04. The molecule has 3 rings (SSSR count). The van der Waals surface area contributed by atoms with Crippen molar-refractivity contribution in [2.75, 3.05) is 11.9 Å². The molecule has 2 N–H and O–H groups in total. The summed E-state index contributed by atoms with van der Waals surface area (Å²) in [6.07, 6.45) is 5.23. The van der Waals surface area contributed by atoms with E-state index < -0.39 is 0 Å². The van der Waals surface area contributed by atoms with Crippen molar-refractivity contribution < 1.29 is 14.3 Å². The van der Waals surface area contributed by atoms with Crippen molar-refractivity contribution in [3.8, 4) is 5.75 Å². The second kappa shape index (κ2) is 7.16. The van der Waals surface area contributed by atoms with Crippen molar-refractivity contribution in [2.45, 2.75) is 32.4 Å². The van der Waals surface area contributed by atoms with Crippen LogP contribution < -0.4 is 15.4 Å². The maximum atomic E-state index is 11.9. The van der Waals surface area contributed by atoms with Crippen molar-refractivity contribution in [2.24, 2.45) is 0 Å². The molecule has 1 heterocycles. The van der Waals surface area contributed by atoms with Gasteiger partial charge in [0.2, 0.25) is 5.91 Å². The molecule has 0 bridgehead atoms. The van der Waals surface area contributed by atoms with Gasteiger partial charge in [0.15, 0.2) is 6.61 Å². The van der Waals surface area contributed by atoms with E-state index in [1.165, 1.54) is 10.9 Å². The highest BCUT2D eigenvalue weighted by molar-refractivity contribution is 5.91. The SMILES string of the molecule is Cc1ccc(OCC(=O)Nc2cnn(CC(=O)NC3CC3)c2)cc1. The van der Waals surface area contributed by atoms with Crippen LogP contribution in [0, 0.1) is 6.92 Å². The summed E-state index contributed by atoms with van der Waals surface area (Å²) in [5, 5.41) is 9.64. The van der Waals surface area contributed by atoms with Crippen molar-refractivity contribution in [1.82, 2.24) is 15.1 Å². The standard InChI is InChI=1S/C17H20N4O3/c1-12-2-6-15(7-3-12)24-11-17(23)20-14-8-18-21(9-14)10-16(22)19-13-4-5-13/h2-3,6-9,13H,4-5,10-11H2,1H3,(H,19,22)(H,20,23). The van der Waals surface area contributed by atoms with Crippen LogP contribution in [-0.4, -0.2) is 34.2 Å². The molecule has 1 aromatic carbocycles. The third-order valence-electron chi connectivity index (χ3n) is 3.56. The zero-order valence-corrected chi connectivity index (χ0v) is 13.5. The molecule has 1 aliphatic carbocycles. The smallest absolute Gasteiger partial charge is 0.262 e. The third-order valence-corrected chi connectivity index (χ3v) is 3.56. The fourth-order valence-electron chi connectivity index (χ4n) is 2.14. The van der Waals surface area contributed by atoms with Crippen molar-refractivity contribution in [3.05, 3.63) is 42.2 Å². The largest absolute Gasteiger partial charge is 0.484 e. The molecule has 0 unspecified atom stereocenters. The van der Waals surface area contributed by atoms with Gasteiger partial charge in [-0.25, -0.2) is 0 Å². The van der Waals surface area contributed by atoms with E-state index in [0.29, 0.717) is 17.5 Å². The first kappa shape index (κ1) is 16.0. The van der Waals surface area contributed by atoms with E-state index in [2.05, 4.69) is 15.7 Å². The Bertz CT molecular complexity index is 720. The maximum absolute atomic E-state index is 11.9. The van der Waals surface area contributed by atoms with E-state index in [4.69, 9.17) is 4.74 Å². The van der Waals surface area contributed by atoms with Crippen LogP contribution in [0.2, 0.25) is 0 Å². The summed E-state index contributed by atoms with van der Waals surface area (Å²) in [6, 6.07) is 7.80. The molecule has 7 nitrogen and oxygen atoms in total. The lowest BCUT2D eigenvalue weighted by molar-refractivity contribution is -0.122. The van der Waals surface area contributed by atoms with Gasteiger partial charge in [-0.1, -0.05) is 17.7 Å². The minimum Gasteiger partial charge on any atom is -0.484 e. The molecule has 24 heavy (non-hydrogen) atoms. The summed E-state index contributed by atoms with van der Waals surface area (Å²) in [7, 11) is 0. The average Bonchev–Trinajstić information content (AvgIpc) is 3.25. The van der Waals surface area contributed by atoms with Gasteiger partial charge in [-0.2, -0.15) is 5.10 Å². The number of nitrogens with one attached hydrogen (secondary N) is 2. The van der Waals surface area contributed by atoms with Crippen LogP contribution in [0.4, 0.5) is 5.69 Å². The third kappa shape index (κ3) is 4.84. The first-order valence-corrected chi connectivity index (χ1v) is 7.89. The molecule has 0 spiro atoms.